The van der Waals surface area contributed by atoms with Gasteiger partial charge in [-0.2, -0.15) is 5.10 Å². The molecular weight excluding hydrogens is 132 g/mol. The van der Waals surface area contributed by atoms with Gasteiger partial charge >= 0.3 is 0 Å². The Bertz CT molecular complexity index is 219. The molecule has 0 spiro atoms. The second-order valence-corrected chi connectivity index (χ2v) is 1.77. The van der Waals surface area contributed by atoms with Gasteiger partial charge in [0.05, 0.1) is 26.0 Å². The van der Waals surface area contributed by atoms with E-state index in [1.807, 2.05) is 0 Å². The summed E-state index contributed by atoms with van der Waals surface area (Å²) in [6.07, 6.45) is 4.00. The lowest BCUT2D eigenvalue weighted by atomic mass is 10.6. The Morgan fingerprint density at radius 3 is 3.20 bits per heavy atom. The zero-order valence-electron chi connectivity index (χ0n) is 5.65. The lowest BCUT2D eigenvalue weighted by Gasteiger charge is -1.90. The van der Waals surface area contributed by atoms with Crippen molar-refractivity contribution in [2.24, 2.45) is 0 Å². The highest BCUT2D eigenvalue weighted by molar-refractivity contribution is 5.48. The molecule has 0 bridgehead atoms. The van der Waals surface area contributed by atoms with E-state index in [-0.39, 0.29) is 6.54 Å². The van der Waals surface area contributed by atoms with Gasteiger partial charge in [-0.15, -0.1) is 0 Å². The number of carbonyl (C=O) groups is 1. The Hall–Kier alpha value is -1.32. The van der Waals surface area contributed by atoms with Crippen LogP contribution in [-0.2, 0) is 11.3 Å². The summed E-state index contributed by atoms with van der Waals surface area (Å²) in [4.78, 5) is 9.97. The van der Waals surface area contributed by atoms with E-state index >= 15 is 0 Å². The van der Waals surface area contributed by atoms with Gasteiger partial charge in [0.25, 0.3) is 0 Å². The van der Waals surface area contributed by atoms with Crippen LogP contribution >= 0.6 is 0 Å². The molecule has 0 aliphatic rings. The van der Waals surface area contributed by atoms with Crippen LogP contribution in [0, 0.1) is 0 Å². The predicted octanol–water partition coefficient (Wildman–Crippen LogP) is 0.0906. The zero-order valence-corrected chi connectivity index (χ0v) is 5.65. The van der Waals surface area contributed by atoms with Gasteiger partial charge in [-0.25, -0.2) is 0 Å². The molecule has 1 aromatic heterocycles. The molecule has 54 valence electrons. The van der Waals surface area contributed by atoms with Crippen LogP contribution in [0.5, 0.6) is 5.75 Å². The van der Waals surface area contributed by atoms with E-state index in [9.17, 15) is 4.79 Å². The molecule has 0 aliphatic heterocycles. The third-order valence-corrected chi connectivity index (χ3v) is 1.11. The predicted molar refractivity (Wildman–Crippen MR) is 34.8 cm³/mol. The first kappa shape index (κ1) is 6.80. The van der Waals surface area contributed by atoms with Gasteiger partial charge in [0, 0.05) is 0 Å². The van der Waals surface area contributed by atoms with Crippen molar-refractivity contribution in [1.82, 2.24) is 9.78 Å². The summed E-state index contributed by atoms with van der Waals surface area (Å²) in [5.41, 5.74) is 0. The number of ether oxygens (including phenoxy) is 1. The summed E-state index contributed by atoms with van der Waals surface area (Å²) < 4.78 is 6.35. The Morgan fingerprint density at radius 1 is 1.90 bits per heavy atom. The summed E-state index contributed by atoms with van der Waals surface area (Å²) in [5.74, 6) is 0.668. The van der Waals surface area contributed by atoms with Crippen LogP contribution in [0.15, 0.2) is 12.4 Å². The molecule has 0 aliphatic carbocycles. The fourth-order valence-electron chi connectivity index (χ4n) is 0.626. The minimum absolute atomic E-state index is 0.281. The molecule has 0 atom stereocenters. The van der Waals surface area contributed by atoms with Gasteiger partial charge in [0.15, 0.2) is 5.75 Å². The van der Waals surface area contributed by atoms with Crippen molar-refractivity contribution in [3.63, 3.8) is 0 Å². The number of hydrogen-bond acceptors (Lipinski definition) is 3. The third kappa shape index (κ3) is 1.34. The molecule has 0 unspecified atom stereocenters. The van der Waals surface area contributed by atoms with Gasteiger partial charge in [0.1, 0.15) is 6.29 Å². The Morgan fingerprint density at radius 2 is 2.70 bits per heavy atom. The summed E-state index contributed by atoms with van der Waals surface area (Å²) in [5, 5.41) is 3.84. The molecule has 4 nitrogen and oxygen atoms in total. The first-order chi connectivity index (χ1) is 4.86. The second-order valence-electron chi connectivity index (χ2n) is 1.77. The molecule has 0 amide bonds. The monoisotopic (exact) mass is 140 g/mol. The van der Waals surface area contributed by atoms with E-state index in [4.69, 9.17) is 4.74 Å². The van der Waals surface area contributed by atoms with Gasteiger partial charge in [-0.3, -0.25) is 4.68 Å². The minimum Gasteiger partial charge on any atom is -0.493 e. The maximum absolute atomic E-state index is 9.97. The van der Waals surface area contributed by atoms with Crippen LogP contribution in [0.4, 0.5) is 0 Å². The molecule has 1 rings (SSSR count). The second kappa shape index (κ2) is 3.00. The molecule has 0 fully saturated rings. The van der Waals surface area contributed by atoms with E-state index < -0.39 is 0 Å². The maximum Gasteiger partial charge on any atom is 0.156 e. The van der Waals surface area contributed by atoms with Crippen LogP contribution in [0.25, 0.3) is 0 Å². The van der Waals surface area contributed by atoms with Gasteiger partial charge < -0.3 is 9.53 Å². The van der Waals surface area contributed by atoms with Gasteiger partial charge in [-0.05, 0) is 0 Å². The van der Waals surface area contributed by atoms with Gasteiger partial charge in [-0.1, -0.05) is 0 Å². The fraction of sp³-hybridized carbons (Fsp3) is 0.333. The number of carbonyl (C=O) groups excluding carboxylic acids is 1. The van der Waals surface area contributed by atoms with E-state index in [1.54, 1.807) is 19.5 Å². The minimum atomic E-state index is 0.281. The van der Waals surface area contributed by atoms with E-state index in [0.717, 1.165) is 6.29 Å². The third-order valence-electron chi connectivity index (χ3n) is 1.11. The van der Waals surface area contributed by atoms with Crippen LogP contribution in [0.2, 0.25) is 0 Å². The Balaban J connectivity index is 2.67. The fourth-order valence-corrected chi connectivity index (χ4v) is 0.626. The van der Waals surface area contributed by atoms with Crippen molar-refractivity contribution >= 4 is 6.29 Å². The SMILES string of the molecule is COc1cnn(CC=O)c1. The zero-order chi connectivity index (χ0) is 7.40. The van der Waals surface area contributed by atoms with Crippen molar-refractivity contribution in [3.8, 4) is 5.75 Å². The highest BCUT2D eigenvalue weighted by atomic mass is 16.5. The Kier molecular flexibility index (Phi) is 2.04. The molecule has 0 saturated carbocycles. The molecular formula is C6H8N2O2. The lowest BCUT2D eigenvalue weighted by molar-refractivity contribution is -0.108. The molecule has 0 N–H and O–H groups in total. The van der Waals surface area contributed by atoms with Gasteiger partial charge in [0.2, 0.25) is 0 Å². The van der Waals surface area contributed by atoms with Crippen molar-refractivity contribution in [2.75, 3.05) is 7.11 Å². The number of methoxy groups -OCH3 is 1. The topological polar surface area (TPSA) is 44.1 Å². The highest BCUT2D eigenvalue weighted by Crippen LogP contribution is 2.05. The number of nitrogens with zero attached hydrogens (tertiary/aromatic N) is 2. The number of aromatic nitrogens is 2. The number of rotatable bonds is 3. The average Bonchev–Trinajstić information content (AvgIpc) is 2.37. The summed E-state index contributed by atoms with van der Waals surface area (Å²) >= 11 is 0. The molecule has 0 aromatic carbocycles. The van der Waals surface area contributed by atoms with Crippen LogP contribution in [0.3, 0.4) is 0 Å². The Labute approximate surface area is 58.4 Å². The lowest BCUT2D eigenvalue weighted by Crippen LogP contribution is -1.97. The van der Waals surface area contributed by atoms with E-state index in [2.05, 4.69) is 5.10 Å². The molecule has 10 heavy (non-hydrogen) atoms. The van der Waals surface area contributed by atoms with E-state index in [1.165, 1.54) is 4.68 Å². The smallest absolute Gasteiger partial charge is 0.156 e. The summed E-state index contributed by atoms with van der Waals surface area (Å²) in [6, 6.07) is 0. The maximum atomic E-state index is 9.97. The quantitative estimate of drug-likeness (QED) is 0.559. The van der Waals surface area contributed by atoms with Crippen LogP contribution in [0.1, 0.15) is 0 Å². The first-order valence-electron chi connectivity index (χ1n) is 2.87. The normalized spacial score (nSPS) is 9.30. The van der Waals surface area contributed by atoms with Crippen LogP contribution < -0.4 is 4.74 Å². The molecule has 0 radical (unpaired) electrons. The molecule has 1 aromatic rings. The van der Waals surface area contributed by atoms with Crippen molar-refractivity contribution in [1.29, 1.82) is 0 Å². The van der Waals surface area contributed by atoms with Crippen molar-refractivity contribution < 1.29 is 9.53 Å². The average molecular weight is 140 g/mol. The number of aldehydes is 1. The highest BCUT2D eigenvalue weighted by Gasteiger charge is 1.94. The largest absolute Gasteiger partial charge is 0.493 e. The summed E-state index contributed by atoms with van der Waals surface area (Å²) in [7, 11) is 1.56. The summed E-state index contributed by atoms with van der Waals surface area (Å²) in [6.45, 7) is 0.281. The van der Waals surface area contributed by atoms with E-state index in [0.29, 0.717) is 5.75 Å². The molecule has 4 heteroatoms. The molecule has 1 heterocycles. The molecule has 0 saturated heterocycles. The van der Waals surface area contributed by atoms with Crippen molar-refractivity contribution in [2.45, 2.75) is 6.54 Å². The standard InChI is InChI=1S/C6H8N2O2/c1-10-6-4-7-8(5-6)2-3-9/h3-5H,2H2,1H3. The van der Waals surface area contributed by atoms with Crippen molar-refractivity contribution in [3.05, 3.63) is 12.4 Å². The first-order valence-corrected chi connectivity index (χ1v) is 2.87. The van der Waals surface area contributed by atoms with Crippen LogP contribution in [-0.4, -0.2) is 23.2 Å². The number of hydrogen-bond donors (Lipinski definition) is 0.